The zero-order valence-corrected chi connectivity index (χ0v) is 11.0. The van der Waals surface area contributed by atoms with Crippen LogP contribution in [0.15, 0.2) is 12.1 Å². The molecule has 0 aliphatic rings. The van der Waals surface area contributed by atoms with Gasteiger partial charge in [-0.3, -0.25) is 0 Å². The number of phenolic OH excluding ortho intramolecular Hbond substituents is 1. The van der Waals surface area contributed by atoms with Crippen molar-refractivity contribution in [3.63, 3.8) is 0 Å². The van der Waals surface area contributed by atoms with Crippen LogP contribution in [-0.2, 0) is 5.41 Å². The predicted molar refractivity (Wildman–Crippen MR) is 67.3 cm³/mol. The second kappa shape index (κ2) is 4.64. The Morgan fingerprint density at radius 3 is 2.31 bits per heavy atom. The summed E-state index contributed by atoms with van der Waals surface area (Å²) in [5.74, 6) is 0.469. The molecule has 0 aliphatic heterocycles. The molecule has 0 fully saturated rings. The van der Waals surface area contributed by atoms with E-state index < -0.39 is 5.41 Å². The maximum absolute atomic E-state index is 9.96. The normalized spacial score (nSPS) is 12.2. The van der Waals surface area contributed by atoms with Crippen LogP contribution < -0.4 is 0 Å². The van der Waals surface area contributed by atoms with Crippen LogP contribution in [0.4, 0.5) is 0 Å². The summed E-state index contributed by atoms with van der Waals surface area (Å²) in [6.45, 7) is 7.76. The molecule has 2 nitrogen and oxygen atoms in total. The fraction of sp³-hybridized carbons (Fsp3) is 0.538. The van der Waals surface area contributed by atoms with Crippen LogP contribution in [0.3, 0.4) is 0 Å². The van der Waals surface area contributed by atoms with Crippen LogP contribution >= 0.6 is 11.6 Å². The van der Waals surface area contributed by atoms with Gasteiger partial charge in [-0.1, -0.05) is 39.3 Å². The van der Waals surface area contributed by atoms with E-state index in [2.05, 4.69) is 0 Å². The Hall–Kier alpha value is -0.730. The average Bonchev–Trinajstić information content (AvgIpc) is 2.20. The molecule has 1 aromatic rings. The van der Waals surface area contributed by atoms with Crippen molar-refractivity contribution in [3.05, 3.63) is 28.3 Å². The Kier molecular flexibility index (Phi) is 3.87. The van der Waals surface area contributed by atoms with E-state index in [1.54, 1.807) is 12.1 Å². The lowest BCUT2D eigenvalue weighted by molar-refractivity contribution is 0.215. The maximum Gasteiger partial charge on any atom is 0.119 e. The third kappa shape index (κ3) is 2.50. The van der Waals surface area contributed by atoms with E-state index in [-0.39, 0.29) is 18.3 Å². The summed E-state index contributed by atoms with van der Waals surface area (Å²) in [6.07, 6.45) is 0. The van der Waals surface area contributed by atoms with Crippen LogP contribution in [0.1, 0.15) is 44.7 Å². The lowest BCUT2D eigenvalue weighted by Crippen LogP contribution is -2.22. The molecule has 0 aliphatic carbocycles. The molecule has 0 saturated heterocycles. The van der Waals surface area contributed by atoms with Crippen LogP contribution in [-0.4, -0.2) is 16.8 Å². The van der Waals surface area contributed by atoms with Crippen molar-refractivity contribution in [2.24, 2.45) is 0 Å². The summed E-state index contributed by atoms with van der Waals surface area (Å²) in [5, 5.41) is 19.9. The lowest BCUT2D eigenvalue weighted by atomic mass is 9.83. The number of benzene rings is 1. The summed E-state index contributed by atoms with van der Waals surface area (Å²) in [4.78, 5) is 0. The van der Waals surface area contributed by atoms with E-state index in [1.807, 2.05) is 27.7 Å². The Labute approximate surface area is 102 Å². The molecule has 1 rings (SSSR count). The van der Waals surface area contributed by atoms with Crippen molar-refractivity contribution in [3.8, 4) is 5.75 Å². The molecular formula is C13H19ClO2. The second-order valence-electron chi connectivity index (χ2n) is 5.09. The highest BCUT2D eigenvalue weighted by atomic mass is 35.5. The van der Waals surface area contributed by atoms with Crippen LogP contribution in [0.2, 0.25) is 5.02 Å². The quantitative estimate of drug-likeness (QED) is 0.853. The molecule has 0 radical (unpaired) electrons. The molecule has 0 aromatic heterocycles. The zero-order valence-electron chi connectivity index (χ0n) is 10.2. The highest BCUT2D eigenvalue weighted by molar-refractivity contribution is 6.31. The molecule has 0 saturated carbocycles. The first-order chi connectivity index (χ1) is 7.29. The summed E-state index contributed by atoms with van der Waals surface area (Å²) < 4.78 is 0. The number of aromatic hydroxyl groups is 1. The smallest absolute Gasteiger partial charge is 0.119 e. The van der Waals surface area contributed by atoms with E-state index in [4.69, 9.17) is 11.6 Å². The van der Waals surface area contributed by atoms with Crippen molar-refractivity contribution in [1.82, 2.24) is 0 Å². The minimum absolute atomic E-state index is 0.0298. The molecule has 16 heavy (non-hydrogen) atoms. The highest BCUT2D eigenvalue weighted by Gasteiger charge is 2.24. The van der Waals surface area contributed by atoms with Gasteiger partial charge in [0.05, 0.1) is 6.61 Å². The van der Waals surface area contributed by atoms with Crippen LogP contribution in [0.25, 0.3) is 0 Å². The Bertz CT molecular complexity index is 384. The average molecular weight is 243 g/mol. The number of hydrogen-bond acceptors (Lipinski definition) is 2. The van der Waals surface area contributed by atoms with E-state index >= 15 is 0 Å². The molecule has 90 valence electrons. The SMILES string of the molecule is CC(C)c1cc(O)c(C(C)(C)CO)cc1Cl. The van der Waals surface area contributed by atoms with Crippen molar-refractivity contribution >= 4 is 11.6 Å². The number of rotatable bonds is 3. The highest BCUT2D eigenvalue weighted by Crippen LogP contribution is 2.37. The predicted octanol–water partition coefficient (Wildman–Crippen LogP) is 3.44. The van der Waals surface area contributed by atoms with Gasteiger partial charge in [0, 0.05) is 16.0 Å². The van der Waals surface area contributed by atoms with Crippen molar-refractivity contribution < 1.29 is 10.2 Å². The third-order valence-electron chi connectivity index (χ3n) is 2.86. The van der Waals surface area contributed by atoms with E-state index in [1.165, 1.54) is 0 Å². The van der Waals surface area contributed by atoms with Gasteiger partial charge >= 0.3 is 0 Å². The molecular weight excluding hydrogens is 224 g/mol. The van der Waals surface area contributed by atoms with Crippen LogP contribution in [0.5, 0.6) is 5.75 Å². The molecule has 3 heteroatoms. The number of aliphatic hydroxyl groups is 1. The zero-order chi connectivity index (χ0) is 12.5. The van der Waals surface area contributed by atoms with Gasteiger partial charge < -0.3 is 10.2 Å². The van der Waals surface area contributed by atoms with Gasteiger partial charge in [-0.25, -0.2) is 0 Å². The molecule has 1 aromatic carbocycles. The van der Waals surface area contributed by atoms with Gasteiger partial charge in [0.2, 0.25) is 0 Å². The molecule has 0 spiro atoms. The van der Waals surface area contributed by atoms with Gasteiger partial charge in [0.1, 0.15) is 5.75 Å². The molecule has 0 atom stereocenters. The standard InChI is InChI=1S/C13H19ClO2/c1-8(2)9-5-12(16)10(6-11(9)14)13(3,4)7-15/h5-6,8,15-16H,7H2,1-4H3. The van der Waals surface area contributed by atoms with Gasteiger partial charge in [-0.2, -0.15) is 0 Å². The minimum Gasteiger partial charge on any atom is -0.508 e. The van der Waals surface area contributed by atoms with Gasteiger partial charge in [-0.15, -0.1) is 0 Å². The first-order valence-corrected chi connectivity index (χ1v) is 5.81. The van der Waals surface area contributed by atoms with E-state index in [0.717, 1.165) is 5.56 Å². The van der Waals surface area contributed by atoms with Crippen molar-refractivity contribution in [2.75, 3.05) is 6.61 Å². The Balaban J connectivity index is 3.31. The van der Waals surface area contributed by atoms with Gasteiger partial charge in [0.25, 0.3) is 0 Å². The summed E-state index contributed by atoms with van der Waals surface area (Å²) >= 11 is 6.17. The van der Waals surface area contributed by atoms with Crippen molar-refractivity contribution in [1.29, 1.82) is 0 Å². The summed E-state index contributed by atoms with van der Waals surface area (Å²) in [7, 11) is 0. The number of phenols is 1. The number of halogens is 1. The first-order valence-electron chi connectivity index (χ1n) is 5.43. The van der Waals surface area contributed by atoms with Gasteiger partial charge in [-0.05, 0) is 23.6 Å². The van der Waals surface area contributed by atoms with E-state index in [9.17, 15) is 10.2 Å². The Morgan fingerprint density at radius 1 is 1.31 bits per heavy atom. The Morgan fingerprint density at radius 2 is 1.88 bits per heavy atom. The van der Waals surface area contributed by atoms with E-state index in [0.29, 0.717) is 10.6 Å². The minimum atomic E-state index is -0.483. The first kappa shape index (κ1) is 13.3. The molecule has 0 heterocycles. The topological polar surface area (TPSA) is 40.5 Å². The fourth-order valence-corrected chi connectivity index (χ4v) is 2.03. The molecule has 2 N–H and O–H groups in total. The third-order valence-corrected chi connectivity index (χ3v) is 3.19. The monoisotopic (exact) mass is 242 g/mol. The number of hydrogen-bond donors (Lipinski definition) is 2. The lowest BCUT2D eigenvalue weighted by Gasteiger charge is -2.24. The summed E-state index contributed by atoms with van der Waals surface area (Å²) in [6, 6.07) is 3.45. The van der Waals surface area contributed by atoms with Crippen LogP contribution in [0, 0.1) is 0 Å². The van der Waals surface area contributed by atoms with Gasteiger partial charge in [0.15, 0.2) is 0 Å². The number of aliphatic hydroxyl groups excluding tert-OH is 1. The second-order valence-corrected chi connectivity index (χ2v) is 5.49. The molecule has 0 amide bonds. The van der Waals surface area contributed by atoms with Crippen molar-refractivity contribution in [2.45, 2.75) is 39.0 Å². The molecule has 0 bridgehead atoms. The maximum atomic E-state index is 9.96. The largest absolute Gasteiger partial charge is 0.508 e. The summed E-state index contributed by atoms with van der Waals surface area (Å²) in [5.41, 5.74) is 1.13. The molecule has 0 unspecified atom stereocenters. The fourth-order valence-electron chi connectivity index (χ4n) is 1.65.